The van der Waals surface area contributed by atoms with Crippen molar-refractivity contribution in [3.8, 4) is 0 Å². The van der Waals surface area contributed by atoms with Gasteiger partial charge in [-0.25, -0.2) is 0 Å². The van der Waals surface area contributed by atoms with Crippen LogP contribution < -0.4 is 0 Å². The van der Waals surface area contributed by atoms with Crippen LogP contribution >= 0.6 is 0 Å². The summed E-state index contributed by atoms with van der Waals surface area (Å²) in [4.78, 5) is 0. The Balaban J connectivity index is 3.73. The van der Waals surface area contributed by atoms with Crippen molar-refractivity contribution in [1.29, 1.82) is 0 Å². The van der Waals surface area contributed by atoms with E-state index in [2.05, 4.69) is 27.7 Å². The summed E-state index contributed by atoms with van der Waals surface area (Å²) in [6.07, 6.45) is 20.3. The molecule has 0 amide bonds. The van der Waals surface area contributed by atoms with Crippen LogP contribution in [0.1, 0.15) is 118 Å². The number of hydrogen-bond donors (Lipinski definition) is 0. The van der Waals surface area contributed by atoms with Crippen LogP contribution in [-0.4, -0.2) is 0 Å². The molecule has 0 radical (unpaired) electrons. The van der Waals surface area contributed by atoms with Gasteiger partial charge in [-0.1, -0.05) is 118 Å². The summed E-state index contributed by atoms with van der Waals surface area (Å²) in [5, 5.41) is 0. The van der Waals surface area contributed by atoms with E-state index in [4.69, 9.17) is 0 Å². The van der Waals surface area contributed by atoms with Gasteiger partial charge in [0, 0.05) is 0 Å². The minimum Gasteiger partial charge on any atom is -0.0654 e. The van der Waals surface area contributed by atoms with Gasteiger partial charge in [-0.15, -0.1) is 0 Å². The smallest absolute Gasteiger partial charge is 0.0414 e. The predicted molar refractivity (Wildman–Crippen MR) is 94.3 cm³/mol. The normalized spacial score (nSPS) is 13.1. The van der Waals surface area contributed by atoms with Gasteiger partial charge < -0.3 is 0 Å². The monoisotopic (exact) mass is 282 g/mol. The predicted octanol–water partition coefficient (Wildman–Crippen LogP) is 7.76. The fourth-order valence-corrected chi connectivity index (χ4v) is 3.33. The lowest BCUT2D eigenvalue weighted by Crippen LogP contribution is -2.03. The maximum Gasteiger partial charge on any atom is -0.0414 e. The quantitative estimate of drug-likeness (QED) is 0.269. The topological polar surface area (TPSA) is 0 Å². The molecule has 0 aromatic carbocycles. The number of unbranched alkanes of at least 4 members (excludes halogenated alkanes) is 4. The maximum atomic E-state index is 2.38. The summed E-state index contributed by atoms with van der Waals surface area (Å²) in [6.45, 7) is 9.36. The Morgan fingerprint density at radius 2 is 0.800 bits per heavy atom. The molecule has 0 aromatic heterocycles. The summed E-state index contributed by atoms with van der Waals surface area (Å²) in [7, 11) is 0. The van der Waals surface area contributed by atoms with Gasteiger partial charge in [0.2, 0.25) is 0 Å². The third kappa shape index (κ3) is 11.8. The zero-order valence-electron chi connectivity index (χ0n) is 15.1. The van der Waals surface area contributed by atoms with E-state index < -0.39 is 0 Å². The molecule has 0 heteroatoms. The van der Waals surface area contributed by atoms with Crippen LogP contribution in [0.5, 0.6) is 0 Å². The summed E-state index contributed by atoms with van der Waals surface area (Å²) >= 11 is 0. The van der Waals surface area contributed by atoms with Crippen LogP contribution in [0.25, 0.3) is 0 Å². The van der Waals surface area contributed by atoms with Crippen molar-refractivity contribution in [3.63, 3.8) is 0 Å². The first-order valence-electron chi connectivity index (χ1n) is 9.78. The summed E-state index contributed by atoms with van der Waals surface area (Å²) < 4.78 is 0. The first-order valence-corrected chi connectivity index (χ1v) is 9.78. The molecule has 0 aromatic rings. The molecule has 0 fully saturated rings. The highest BCUT2D eigenvalue weighted by molar-refractivity contribution is 4.63. The van der Waals surface area contributed by atoms with Crippen molar-refractivity contribution < 1.29 is 0 Å². The van der Waals surface area contributed by atoms with E-state index in [1.165, 1.54) is 89.9 Å². The zero-order chi connectivity index (χ0) is 15.1. The minimum absolute atomic E-state index is 1.01. The molecule has 0 heterocycles. The summed E-state index contributed by atoms with van der Waals surface area (Å²) in [5.74, 6) is 2.05. The second-order valence-corrected chi connectivity index (χ2v) is 6.85. The second-order valence-electron chi connectivity index (χ2n) is 6.85. The molecule has 0 saturated carbocycles. The van der Waals surface area contributed by atoms with Gasteiger partial charge in [0.15, 0.2) is 0 Å². The lowest BCUT2D eigenvalue weighted by Gasteiger charge is -2.18. The van der Waals surface area contributed by atoms with Crippen molar-refractivity contribution in [2.75, 3.05) is 0 Å². The molecule has 0 aliphatic carbocycles. The van der Waals surface area contributed by atoms with Gasteiger partial charge in [0.25, 0.3) is 0 Å². The standard InChI is InChI=1S/C20H42/c1-5-9-14-19(8-4)17-12-13-18-20(15-10-6-2)16-11-7-3/h19-20H,5-18H2,1-4H3. The third-order valence-electron chi connectivity index (χ3n) is 4.95. The Labute approximate surface area is 130 Å². The lowest BCUT2D eigenvalue weighted by molar-refractivity contribution is 0.355. The molecule has 0 saturated heterocycles. The van der Waals surface area contributed by atoms with Gasteiger partial charge in [-0.05, 0) is 11.8 Å². The molecule has 0 nitrogen and oxygen atoms in total. The van der Waals surface area contributed by atoms with Gasteiger partial charge in [-0.2, -0.15) is 0 Å². The van der Waals surface area contributed by atoms with Crippen LogP contribution in [0.3, 0.4) is 0 Å². The van der Waals surface area contributed by atoms with Crippen LogP contribution in [-0.2, 0) is 0 Å². The highest BCUT2D eigenvalue weighted by atomic mass is 14.2. The molecule has 122 valence electrons. The average molecular weight is 283 g/mol. The van der Waals surface area contributed by atoms with E-state index in [0.717, 1.165) is 11.8 Å². The van der Waals surface area contributed by atoms with Crippen LogP contribution in [0.2, 0.25) is 0 Å². The van der Waals surface area contributed by atoms with Gasteiger partial charge in [0.1, 0.15) is 0 Å². The molecular formula is C20H42. The Morgan fingerprint density at radius 1 is 0.450 bits per heavy atom. The number of hydrogen-bond acceptors (Lipinski definition) is 0. The first-order chi connectivity index (χ1) is 9.78. The molecule has 1 unspecified atom stereocenters. The first kappa shape index (κ1) is 20.0. The van der Waals surface area contributed by atoms with Gasteiger partial charge in [0.05, 0.1) is 0 Å². The molecule has 20 heavy (non-hydrogen) atoms. The highest BCUT2D eigenvalue weighted by Crippen LogP contribution is 2.25. The van der Waals surface area contributed by atoms with E-state index in [9.17, 15) is 0 Å². The summed E-state index contributed by atoms with van der Waals surface area (Å²) in [6, 6.07) is 0. The van der Waals surface area contributed by atoms with Crippen LogP contribution in [0.15, 0.2) is 0 Å². The second kappa shape index (κ2) is 15.4. The molecule has 0 aliphatic heterocycles. The van der Waals surface area contributed by atoms with Crippen molar-refractivity contribution in [2.24, 2.45) is 11.8 Å². The minimum atomic E-state index is 1.01. The third-order valence-corrected chi connectivity index (χ3v) is 4.95. The SMILES string of the molecule is CCCCC(CC)CCCCC(CCCC)CCCC. The van der Waals surface area contributed by atoms with Crippen molar-refractivity contribution >= 4 is 0 Å². The molecule has 0 N–H and O–H groups in total. The molecule has 0 bridgehead atoms. The Hall–Kier alpha value is 0. The molecule has 0 spiro atoms. The highest BCUT2D eigenvalue weighted by Gasteiger charge is 2.09. The number of rotatable bonds is 15. The van der Waals surface area contributed by atoms with Crippen molar-refractivity contribution in [1.82, 2.24) is 0 Å². The fourth-order valence-electron chi connectivity index (χ4n) is 3.33. The van der Waals surface area contributed by atoms with Crippen molar-refractivity contribution in [3.05, 3.63) is 0 Å². The Morgan fingerprint density at radius 3 is 1.20 bits per heavy atom. The molecular weight excluding hydrogens is 240 g/mol. The van der Waals surface area contributed by atoms with E-state index in [-0.39, 0.29) is 0 Å². The Bertz CT molecular complexity index is 165. The van der Waals surface area contributed by atoms with Crippen LogP contribution in [0, 0.1) is 11.8 Å². The van der Waals surface area contributed by atoms with E-state index in [1.54, 1.807) is 0 Å². The summed E-state index contributed by atoms with van der Waals surface area (Å²) in [5.41, 5.74) is 0. The van der Waals surface area contributed by atoms with E-state index in [0.29, 0.717) is 0 Å². The maximum absolute atomic E-state index is 2.38. The largest absolute Gasteiger partial charge is 0.0654 e. The zero-order valence-corrected chi connectivity index (χ0v) is 15.1. The van der Waals surface area contributed by atoms with E-state index >= 15 is 0 Å². The molecule has 0 aliphatic rings. The van der Waals surface area contributed by atoms with Crippen molar-refractivity contribution in [2.45, 2.75) is 118 Å². The van der Waals surface area contributed by atoms with Gasteiger partial charge in [-0.3, -0.25) is 0 Å². The van der Waals surface area contributed by atoms with Crippen LogP contribution in [0.4, 0.5) is 0 Å². The van der Waals surface area contributed by atoms with Gasteiger partial charge >= 0.3 is 0 Å². The molecule has 1 atom stereocenters. The fraction of sp³-hybridized carbons (Fsp3) is 1.00. The van der Waals surface area contributed by atoms with E-state index in [1.807, 2.05) is 0 Å². The average Bonchev–Trinajstić information content (AvgIpc) is 2.48. The molecule has 0 rings (SSSR count). The Kier molecular flexibility index (Phi) is 15.4. The lowest BCUT2D eigenvalue weighted by atomic mass is 9.88.